The van der Waals surface area contributed by atoms with Gasteiger partial charge in [-0.2, -0.15) is 8.75 Å². The van der Waals surface area contributed by atoms with E-state index in [0.717, 1.165) is 27.8 Å². The quantitative estimate of drug-likeness (QED) is 0.609. The van der Waals surface area contributed by atoms with E-state index in [4.69, 9.17) is 0 Å². The van der Waals surface area contributed by atoms with E-state index < -0.39 is 0 Å². The van der Waals surface area contributed by atoms with Crippen molar-refractivity contribution in [1.29, 1.82) is 0 Å². The average molecular weight is 279 g/mol. The van der Waals surface area contributed by atoms with Crippen LogP contribution in [0.4, 0.5) is 11.5 Å². The SMILES string of the molecule is c1ccc2nc(Nc3ccc4nsnc4c3)cnc2c1. The van der Waals surface area contributed by atoms with Gasteiger partial charge in [-0.3, -0.25) is 4.98 Å². The van der Waals surface area contributed by atoms with Gasteiger partial charge in [0.05, 0.1) is 29.0 Å². The number of fused-ring (bicyclic) bond motifs is 2. The minimum Gasteiger partial charge on any atom is -0.339 e. The maximum absolute atomic E-state index is 4.53. The lowest BCUT2D eigenvalue weighted by atomic mass is 10.2. The van der Waals surface area contributed by atoms with Gasteiger partial charge in [0.1, 0.15) is 16.9 Å². The predicted molar refractivity (Wildman–Crippen MR) is 80.2 cm³/mol. The maximum Gasteiger partial charge on any atom is 0.149 e. The molecule has 0 unspecified atom stereocenters. The number of hydrogen-bond donors (Lipinski definition) is 1. The number of nitrogens with one attached hydrogen (secondary N) is 1. The normalized spacial score (nSPS) is 11.0. The van der Waals surface area contributed by atoms with Gasteiger partial charge in [0.2, 0.25) is 0 Å². The molecule has 0 radical (unpaired) electrons. The molecule has 0 fully saturated rings. The summed E-state index contributed by atoms with van der Waals surface area (Å²) in [6.07, 6.45) is 1.73. The standard InChI is InChI=1S/C14H9N5S/c1-2-4-11-10(3-1)15-8-14(17-11)16-9-5-6-12-13(7-9)19-20-18-12/h1-8H,(H,16,17). The van der Waals surface area contributed by atoms with Crippen LogP contribution in [0.5, 0.6) is 0 Å². The summed E-state index contributed by atoms with van der Waals surface area (Å²) in [5.74, 6) is 0.714. The van der Waals surface area contributed by atoms with Gasteiger partial charge in [0.15, 0.2) is 0 Å². The van der Waals surface area contributed by atoms with Crippen molar-refractivity contribution < 1.29 is 0 Å². The number of benzene rings is 2. The molecular weight excluding hydrogens is 270 g/mol. The second-order valence-electron chi connectivity index (χ2n) is 4.34. The average Bonchev–Trinajstić information content (AvgIpc) is 2.95. The summed E-state index contributed by atoms with van der Waals surface area (Å²) >= 11 is 1.21. The van der Waals surface area contributed by atoms with Crippen LogP contribution in [0.3, 0.4) is 0 Å². The van der Waals surface area contributed by atoms with E-state index in [1.807, 2.05) is 42.5 Å². The molecule has 0 saturated heterocycles. The zero-order valence-electron chi connectivity index (χ0n) is 10.3. The number of anilines is 2. The summed E-state index contributed by atoms with van der Waals surface area (Å²) in [4.78, 5) is 8.91. The molecule has 0 aliphatic heterocycles. The summed E-state index contributed by atoms with van der Waals surface area (Å²) < 4.78 is 8.41. The van der Waals surface area contributed by atoms with E-state index in [1.165, 1.54) is 11.7 Å². The molecule has 0 atom stereocenters. The highest BCUT2D eigenvalue weighted by Crippen LogP contribution is 2.21. The Kier molecular flexibility index (Phi) is 2.53. The molecule has 2 aromatic carbocycles. The summed E-state index contributed by atoms with van der Waals surface area (Å²) in [6.45, 7) is 0. The summed E-state index contributed by atoms with van der Waals surface area (Å²) in [6, 6.07) is 13.6. The van der Waals surface area contributed by atoms with Gasteiger partial charge in [-0.05, 0) is 30.3 Å². The van der Waals surface area contributed by atoms with E-state index >= 15 is 0 Å². The molecule has 0 bridgehead atoms. The van der Waals surface area contributed by atoms with Gasteiger partial charge in [0, 0.05) is 5.69 Å². The Balaban J connectivity index is 1.72. The van der Waals surface area contributed by atoms with Crippen molar-refractivity contribution in [3.05, 3.63) is 48.7 Å². The van der Waals surface area contributed by atoms with Crippen LogP contribution in [0.2, 0.25) is 0 Å². The minimum absolute atomic E-state index is 0.714. The zero-order valence-corrected chi connectivity index (χ0v) is 11.1. The third-order valence-corrected chi connectivity index (χ3v) is 3.53. The Morgan fingerprint density at radius 2 is 1.70 bits per heavy atom. The monoisotopic (exact) mass is 279 g/mol. The van der Waals surface area contributed by atoms with Crippen LogP contribution < -0.4 is 5.32 Å². The molecule has 0 aliphatic carbocycles. The predicted octanol–water partition coefficient (Wildman–Crippen LogP) is 3.38. The third kappa shape index (κ3) is 1.96. The van der Waals surface area contributed by atoms with Crippen LogP contribution >= 0.6 is 11.7 Å². The van der Waals surface area contributed by atoms with E-state index in [2.05, 4.69) is 24.0 Å². The lowest BCUT2D eigenvalue weighted by Crippen LogP contribution is -1.95. The largest absolute Gasteiger partial charge is 0.339 e. The molecule has 0 amide bonds. The second kappa shape index (κ2) is 4.50. The summed E-state index contributed by atoms with van der Waals surface area (Å²) in [5, 5.41) is 3.24. The van der Waals surface area contributed by atoms with Crippen LogP contribution in [0.1, 0.15) is 0 Å². The van der Waals surface area contributed by atoms with Crippen LogP contribution in [0.25, 0.3) is 22.1 Å². The zero-order chi connectivity index (χ0) is 13.4. The molecule has 4 rings (SSSR count). The molecule has 6 heteroatoms. The maximum atomic E-state index is 4.53. The second-order valence-corrected chi connectivity index (χ2v) is 4.87. The van der Waals surface area contributed by atoms with Crippen LogP contribution in [0.15, 0.2) is 48.7 Å². The molecule has 2 aromatic heterocycles. The van der Waals surface area contributed by atoms with E-state index in [-0.39, 0.29) is 0 Å². The van der Waals surface area contributed by atoms with Crippen molar-refractivity contribution in [3.8, 4) is 0 Å². The topological polar surface area (TPSA) is 63.6 Å². The molecule has 2 heterocycles. The molecule has 4 aromatic rings. The first-order valence-corrected chi connectivity index (χ1v) is 6.83. The smallest absolute Gasteiger partial charge is 0.149 e. The Morgan fingerprint density at radius 1 is 0.850 bits per heavy atom. The molecule has 0 spiro atoms. The Labute approximate surface area is 118 Å². The Morgan fingerprint density at radius 3 is 2.65 bits per heavy atom. The van der Waals surface area contributed by atoms with Crippen molar-refractivity contribution in [2.75, 3.05) is 5.32 Å². The molecule has 0 saturated carbocycles. The number of para-hydroxylation sites is 2. The fourth-order valence-corrected chi connectivity index (χ4v) is 2.54. The van der Waals surface area contributed by atoms with E-state index in [1.54, 1.807) is 6.20 Å². The highest BCUT2D eigenvalue weighted by atomic mass is 32.1. The summed E-state index contributed by atoms with van der Waals surface area (Å²) in [7, 11) is 0. The molecular formula is C14H9N5S. The van der Waals surface area contributed by atoms with Crippen LogP contribution in [-0.4, -0.2) is 18.7 Å². The van der Waals surface area contributed by atoms with E-state index in [9.17, 15) is 0 Å². The number of rotatable bonds is 2. The first-order chi connectivity index (χ1) is 9.88. The molecule has 1 N–H and O–H groups in total. The van der Waals surface area contributed by atoms with Gasteiger partial charge < -0.3 is 5.32 Å². The van der Waals surface area contributed by atoms with Crippen molar-refractivity contribution in [1.82, 2.24) is 18.7 Å². The van der Waals surface area contributed by atoms with Crippen LogP contribution in [0, 0.1) is 0 Å². The van der Waals surface area contributed by atoms with Gasteiger partial charge >= 0.3 is 0 Å². The molecule has 20 heavy (non-hydrogen) atoms. The first kappa shape index (κ1) is 11.2. The van der Waals surface area contributed by atoms with E-state index in [0.29, 0.717) is 5.82 Å². The third-order valence-electron chi connectivity index (χ3n) is 2.97. The minimum atomic E-state index is 0.714. The van der Waals surface area contributed by atoms with Gasteiger partial charge in [-0.1, -0.05) is 12.1 Å². The number of nitrogens with zero attached hydrogens (tertiary/aromatic N) is 4. The molecule has 96 valence electrons. The lowest BCUT2D eigenvalue weighted by molar-refractivity contribution is 1.28. The Bertz CT molecular complexity index is 902. The number of hydrogen-bond acceptors (Lipinski definition) is 6. The fraction of sp³-hybridized carbons (Fsp3) is 0. The van der Waals surface area contributed by atoms with Crippen molar-refractivity contribution in [3.63, 3.8) is 0 Å². The first-order valence-electron chi connectivity index (χ1n) is 6.10. The lowest BCUT2D eigenvalue weighted by Gasteiger charge is -2.05. The van der Waals surface area contributed by atoms with Gasteiger partial charge in [0.25, 0.3) is 0 Å². The highest BCUT2D eigenvalue weighted by Gasteiger charge is 2.03. The molecule has 5 nitrogen and oxygen atoms in total. The van der Waals surface area contributed by atoms with Crippen molar-refractivity contribution in [2.45, 2.75) is 0 Å². The van der Waals surface area contributed by atoms with Gasteiger partial charge in [-0.25, -0.2) is 4.98 Å². The van der Waals surface area contributed by atoms with Gasteiger partial charge in [-0.15, -0.1) is 0 Å². The highest BCUT2D eigenvalue weighted by molar-refractivity contribution is 7.00. The molecule has 0 aliphatic rings. The van der Waals surface area contributed by atoms with Crippen molar-refractivity contribution in [2.24, 2.45) is 0 Å². The van der Waals surface area contributed by atoms with Crippen molar-refractivity contribution >= 4 is 45.3 Å². The summed E-state index contributed by atoms with van der Waals surface area (Å²) in [5.41, 5.74) is 4.47. The Hall–Kier alpha value is -2.60. The number of aromatic nitrogens is 4. The fourth-order valence-electron chi connectivity index (χ4n) is 2.03. The van der Waals surface area contributed by atoms with Crippen LogP contribution in [-0.2, 0) is 0 Å².